The monoisotopic (exact) mass is 438 g/mol. The molecule has 7 heteroatoms. The average molecular weight is 439 g/mol. The van der Waals surface area contributed by atoms with Crippen molar-refractivity contribution >= 4 is 12.0 Å². The maximum Gasteiger partial charge on any atom is 0.338 e. The Morgan fingerprint density at radius 2 is 1.91 bits per heavy atom. The van der Waals surface area contributed by atoms with Crippen LogP contribution in [0.4, 0.5) is 4.79 Å². The summed E-state index contributed by atoms with van der Waals surface area (Å²) in [7, 11) is 3.18. The number of rotatable bonds is 8. The van der Waals surface area contributed by atoms with Gasteiger partial charge in [0.05, 0.1) is 31.0 Å². The van der Waals surface area contributed by atoms with Gasteiger partial charge < -0.3 is 19.5 Å². The third-order valence-corrected chi connectivity index (χ3v) is 5.40. The molecule has 0 bridgehead atoms. The Morgan fingerprint density at radius 1 is 1.16 bits per heavy atom. The topological polar surface area (TPSA) is 77.1 Å². The smallest absolute Gasteiger partial charge is 0.338 e. The fourth-order valence-electron chi connectivity index (χ4n) is 3.69. The highest BCUT2D eigenvalue weighted by Crippen LogP contribution is 2.33. The number of carbonyl (C=O) groups excluding carboxylic acids is 2. The molecule has 3 rings (SSSR count). The lowest BCUT2D eigenvalue weighted by Gasteiger charge is -2.34. The number of methoxy groups -OCH3 is 1. The van der Waals surface area contributed by atoms with E-state index in [0.717, 1.165) is 11.3 Å². The van der Waals surface area contributed by atoms with Crippen LogP contribution in [0, 0.1) is 0 Å². The molecule has 0 spiro atoms. The first-order chi connectivity index (χ1) is 15.4. The molecule has 170 valence electrons. The van der Waals surface area contributed by atoms with Crippen molar-refractivity contribution in [2.45, 2.75) is 32.7 Å². The number of esters is 1. The van der Waals surface area contributed by atoms with E-state index in [1.165, 1.54) is 4.90 Å². The molecule has 2 aromatic rings. The summed E-state index contributed by atoms with van der Waals surface area (Å²) in [6.45, 7) is 6.19. The van der Waals surface area contributed by atoms with Gasteiger partial charge in [-0.3, -0.25) is 4.90 Å². The van der Waals surface area contributed by atoms with Crippen molar-refractivity contribution in [2.75, 3.05) is 27.4 Å². The standard InChI is InChI=1S/C25H30N2O5/c1-6-31-24(28)22-20(15-32-21-13-8-7-12-19(21)16(2)3)27(4)25(29)26-23(22)17-10-9-11-18(14-17)30-5/h7-14,16,23H,6,15H2,1-5H3,(H,26,29). The molecule has 1 unspecified atom stereocenters. The summed E-state index contributed by atoms with van der Waals surface area (Å²) in [4.78, 5) is 27.2. The van der Waals surface area contributed by atoms with Gasteiger partial charge in [0, 0.05) is 7.05 Å². The Hall–Kier alpha value is -3.48. The predicted molar refractivity (Wildman–Crippen MR) is 122 cm³/mol. The van der Waals surface area contributed by atoms with Crippen LogP contribution in [0.15, 0.2) is 59.8 Å². The molecular formula is C25H30N2O5. The van der Waals surface area contributed by atoms with E-state index >= 15 is 0 Å². The number of likely N-dealkylation sites (N-methyl/N-ethyl adjacent to an activating group) is 1. The number of amides is 2. The number of para-hydroxylation sites is 1. The third-order valence-electron chi connectivity index (χ3n) is 5.40. The lowest BCUT2D eigenvalue weighted by Crippen LogP contribution is -2.48. The van der Waals surface area contributed by atoms with E-state index in [0.29, 0.717) is 22.6 Å². The molecule has 32 heavy (non-hydrogen) atoms. The molecule has 0 saturated carbocycles. The van der Waals surface area contributed by atoms with Crippen molar-refractivity contribution in [1.29, 1.82) is 0 Å². The van der Waals surface area contributed by atoms with Crippen LogP contribution in [0.1, 0.15) is 43.9 Å². The number of nitrogens with one attached hydrogen (secondary N) is 1. The van der Waals surface area contributed by atoms with Gasteiger partial charge in [0.15, 0.2) is 0 Å². The lowest BCUT2D eigenvalue weighted by atomic mass is 9.94. The maximum atomic E-state index is 13.0. The van der Waals surface area contributed by atoms with Gasteiger partial charge in [0.25, 0.3) is 0 Å². The van der Waals surface area contributed by atoms with Gasteiger partial charge in [0.1, 0.15) is 18.1 Å². The van der Waals surface area contributed by atoms with E-state index in [2.05, 4.69) is 19.2 Å². The molecule has 2 aromatic carbocycles. The average Bonchev–Trinajstić information content (AvgIpc) is 2.79. The Bertz CT molecular complexity index is 1010. The van der Waals surface area contributed by atoms with Gasteiger partial charge in [-0.15, -0.1) is 0 Å². The fraction of sp³-hybridized carbons (Fsp3) is 0.360. The second-order valence-electron chi connectivity index (χ2n) is 7.78. The van der Waals surface area contributed by atoms with Gasteiger partial charge in [-0.05, 0) is 42.2 Å². The number of benzene rings is 2. The van der Waals surface area contributed by atoms with Gasteiger partial charge in [-0.25, -0.2) is 9.59 Å². The summed E-state index contributed by atoms with van der Waals surface area (Å²) in [6, 6.07) is 14.0. The van der Waals surface area contributed by atoms with Gasteiger partial charge in [-0.2, -0.15) is 0 Å². The zero-order chi connectivity index (χ0) is 23.3. The highest BCUT2D eigenvalue weighted by Gasteiger charge is 2.37. The van der Waals surface area contributed by atoms with Crippen molar-refractivity contribution in [3.05, 3.63) is 70.9 Å². The van der Waals surface area contributed by atoms with Crippen molar-refractivity contribution in [1.82, 2.24) is 10.2 Å². The molecule has 1 aliphatic rings. The number of ether oxygens (including phenoxy) is 3. The van der Waals surface area contributed by atoms with Crippen LogP contribution in [0.3, 0.4) is 0 Å². The molecule has 0 saturated heterocycles. The maximum absolute atomic E-state index is 13.0. The number of hydrogen-bond acceptors (Lipinski definition) is 5. The first-order valence-electron chi connectivity index (χ1n) is 10.7. The summed E-state index contributed by atoms with van der Waals surface area (Å²) in [5.74, 6) is 1.11. The van der Waals surface area contributed by atoms with Gasteiger partial charge in [-0.1, -0.05) is 44.2 Å². The fourth-order valence-corrected chi connectivity index (χ4v) is 3.69. The SMILES string of the molecule is CCOC(=O)C1=C(COc2ccccc2C(C)C)N(C)C(=O)NC1c1cccc(OC)c1. The Kier molecular flexibility index (Phi) is 7.41. The summed E-state index contributed by atoms with van der Waals surface area (Å²) in [5, 5.41) is 2.90. The normalized spacial score (nSPS) is 16.1. The molecule has 7 nitrogen and oxygen atoms in total. The molecule has 0 fully saturated rings. The lowest BCUT2D eigenvalue weighted by molar-refractivity contribution is -0.139. The molecule has 2 amide bonds. The van der Waals surface area contributed by atoms with Crippen molar-refractivity contribution in [3.63, 3.8) is 0 Å². The summed E-state index contributed by atoms with van der Waals surface area (Å²) in [5.41, 5.74) is 2.56. The Morgan fingerprint density at radius 3 is 2.59 bits per heavy atom. The van der Waals surface area contributed by atoms with Crippen LogP contribution in [-0.2, 0) is 9.53 Å². The van der Waals surface area contributed by atoms with E-state index in [-0.39, 0.29) is 25.2 Å². The van der Waals surface area contributed by atoms with Gasteiger partial charge >= 0.3 is 12.0 Å². The highest BCUT2D eigenvalue weighted by molar-refractivity contribution is 5.95. The molecule has 1 aliphatic heterocycles. The van der Waals surface area contributed by atoms with Crippen molar-refractivity contribution in [2.24, 2.45) is 0 Å². The van der Waals surface area contributed by atoms with Crippen LogP contribution in [0.25, 0.3) is 0 Å². The minimum atomic E-state index is -0.688. The number of nitrogens with zero attached hydrogens (tertiary/aromatic N) is 1. The van der Waals surface area contributed by atoms with E-state index in [4.69, 9.17) is 14.2 Å². The third kappa shape index (κ3) is 4.88. The van der Waals surface area contributed by atoms with Crippen LogP contribution >= 0.6 is 0 Å². The van der Waals surface area contributed by atoms with E-state index in [1.807, 2.05) is 36.4 Å². The first-order valence-corrected chi connectivity index (χ1v) is 10.7. The predicted octanol–water partition coefficient (Wildman–Crippen LogP) is 4.41. The molecular weight excluding hydrogens is 408 g/mol. The van der Waals surface area contributed by atoms with E-state index in [9.17, 15) is 9.59 Å². The Labute approximate surface area is 189 Å². The number of hydrogen-bond donors (Lipinski definition) is 1. The summed E-state index contributed by atoms with van der Waals surface area (Å²) in [6.07, 6.45) is 0. The van der Waals surface area contributed by atoms with Crippen molar-refractivity contribution in [3.8, 4) is 11.5 Å². The largest absolute Gasteiger partial charge is 0.497 e. The molecule has 1 atom stereocenters. The molecule has 0 aromatic heterocycles. The second-order valence-corrected chi connectivity index (χ2v) is 7.78. The minimum absolute atomic E-state index is 0.0439. The molecule has 1 N–H and O–H groups in total. The van der Waals surface area contributed by atoms with Crippen LogP contribution in [-0.4, -0.2) is 44.3 Å². The van der Waals surface area contributed by atoms with Crippen molar-refractivity contribution < 1.29 is 23.8 Å². The van der Waals surface area contributed by atoms with Crippen LogP contribution in [0.5, 0.6) is 11.5 Å². The minimum Gasteiger partial charge on any atom is -0.497 e. The molecule has 0 aliphatic carbocycles. The zero-order valence-electron chi connectivity index (χ0n) is 19.2. The Balaban J connectivity index is 2.06. The molecule has 1 heterocycles. The summed E-state index contributed by atoms with van der Waals surface area (Å²) < 4.78 is 16.8. The number of carbonyl (C=O) groups is 2. The quantitative estimate of drug-likeness (QED) is 0.618. The highest BCUT2D eigenvalue weighted by atomic mass is 16.5. The van der Waals surface area contributed by atoms with Gasteiger partial charge in [0.2, 0.25) is 0 Å². The van der Waals surface area contributed by atoms with Crippen LogP contribution < -0.4 is 14.8 Å². The zero-order valence-corrected chi connectivity index (χ0v) is 19.2. The second kappa shape index (κ2) is 10.2. The number of urea groups is 1. The van der Waals surface area contributed by atoms with E-state index in [1.54, 1.807) is 33.2 Å². The molecule has 0 radical (unpaired) electrons. The van der Waals surface area contributed by atoms with Crippen LogP contribution in [0.2, 0.25) is 0 Å². The first kappa shape index (κ1) is 23.2. The van der Waals surface area contributed by atoms with E-state index < -0.39 is 12.0 Å². The summed E-state index contributed by atoms with van der Waals surface area (Å²) >= 11 is 0.